The van der Waals surface area contributed by atoms with Gasteiger partial charge in [0.05, 0.1) is 0 Å². The summed E-state index contributed by atoms with van der Waals surface area (Å²) in [6.45, 7) is 1.55. The maximum absolute atomic E-state index is 11.4. The molecule has 5 nitrogen and oxygen atoms in total. The summed E-state index contributed by atoms with van der Waals surface area (Å²) in [5.74, 6) is -1.48. The van der Waals surface area contributed by atoms with Crippen LogP contribution in [0, 0.1) is 0 Å². The molecule has 0 spiro atoms. The lowest BCUT2D eigenvalue weighted by Crippen LogP contribution is -2.34. The van der Waals surface area contributed by atoms with Gasteiger partial charge in [0.15, 0.2) is 0 Å². The van der Waals surface area contributed by atoms with E-state index in [1.165, 1.54) is 11.9 Å². The van der Waals surface area contributed by atoms with Crippen LogP contribution in [0.3, 0.4) is 0 Å². The zero-order valence-corrected chi connectivity index (χ0v) is 6.57. The SMILES string of the molecule is CC1=NC(C(=O)OF)C(=O)N1C. The van der Waals surface area contributed by atoms with Gasteiger partial charge in [-0.3, -0.25) is 9.74 Å². The predicted molar refractivity (Wildman–Crippen MR) is 36.9 cm³/mol. The van der Waals surface area contributed by atoms with Crippen LogP contribution in [-0.2, 0) is 14.5 Å². The van der Waals surface area contributed by atoms with Crippen molar-refractivity contribution >= 4 is 17.7 Å². The number of amides is 1. The molecule has 1 amide bonds. The minimum Gasteiger partial charge on any atom is -0.302 e. The number of carbonyl (C=O) groups is 2. The molecule has 12 heavy (non-hydrogen) atoms. The molecular weight excluding hydrogens is 167 g/mol. The maximum Gasteiger partial charge on any atom is 0.382 e. The van der Waals surface area contributed by atoms with Crippen LogP contribution in [0.2, 0.25) is 0 Å². The number of hydrogen-bond acceptors (Lipinski definition) is 4. The zero-order valence-electron chi connectivity index (χ0n) is 6.57. The van der Waals surface area contributed by atoms with Crippen LogP contribution in [0.15, 0.2) is 4.99 Å². The van der Waals surface area contributed by atoms with E-state index in [0.717, 1.165) is 0 Å². The van der Waals surface area contributed by atoms with Crippen molar-refractivity contribution in [3.05, 3.63) is 0 Å². The van der Waals surface area contributed by atoms with Gasteiger partial charge in [-0.2, -0.15) is 0 Å². The number of amidine groups is 1. The molecular formula is C6H7FN2O3. The summed E-state index contributed by atoms with van der Waals surface area (Å²) in [4.78, 5) is 29.3. The Hall–Kier alpha value is -1.46. The molecule has 0 fully saturated rings. The fraction of sp³-hybridized carbons (Fsp3) is 0.500. The molecule has 0 saturated carbocycles. The second-order valence-corrected chi connectivity index (χ2v) is 2.37. The number of likely N-dealkylation sites (N-methyl/N-ethyl adjacent to an activating group) is 1. The van der Waals surface area contributed by atoms with Crippen LogP contribution in [0.25, 0.3) is 0 Å². The van der Waals surface area contributed by atoms with Crippen molar-refractivity contribution in [3.8, 4) is 0 Å². The monoisotopic (exact) mass is 174 g/mol. The first-order valence-corrected chi connectivity index (χ1v) is 3.22. The summed E-state index contributed by atoms with van der Waals surface area (Å²) in [7, 11) is 1.45. The van der Waals surface area contributed by atoms with Crippen LogP contribution in [0.1, 0.15) is 6.92 Å². The lowest BCUT2D eigenvalue weighted by atomic mass is 10.3. The van der Waals surface area contributed by atoms with E-state index in [1.807, 2.05) is 0 Å². The lowest BCUT2D eigenvalue weighted by molar-refractivity contribution is -0.185. The Kier molecular flexibility index (Phi) is 2.07. The van der Waals surface area contributed by atoms with Crippen molar-refractivity contribution < 1.29 is 19.1 Å². The molecule has 0 aromatic heterocycles. The van der Waals surface area contributed by atoms with E-state index in [9.17, 15) is 14.1 Å². The van der Waals surface area contributed by atoms with Gasteiger partial charge in [0, 0.05) is 11.6 Å². The fourth-order valence-electron chi connectivity index (χ4n) is 0.867. The van der Waals surface area contributed by atoms with E-state index in [2.05, 4.69) is 9.93 Å². The van der Waals surface area contributed by atoms with Crippen LogP contribution in [-0.4, -0.2) is 35.7 Å². The van der Waals surface area contributed by atoms with Gasteiger partial charge in [0.25, 0.3) is 5.91 Å². The fourth-order valence-corrected chi connectivity index (χ4v) is 0.867. The van der Waals surface area contributed by atoms with Gasteiger partial charge in [-0.05, 0) is 6.92 Å². The molecule has 1 rings (SSSR count). The van der Waals surface area contributed by atoms with Gasteiger partial charge in [-0.25, -0.2) is 9.79 Å². The van der Waals surface area contributed by atoms with Crippen molar-refractivity contribution in [1.82, 2.24) is 4.90 Å². The number of aliphatic imine (C=N–C) groups is 1. The Bertz CT molecular complexity index is 264. The second kappa shape index (κ2) is 2.88. The first-order valence-electron chi connectivity index (χ1n) is 3.22. The van der Waals surface area contributed by atoms with Crippen molar-refractivity contribution in [2.24, 2.45) is 4.99 Å². The average molecular weight is 174 g/mol. The standard InChI is InChI=1S/C6H7FN2O3/c1-3-8-4(6(11)12-7)5(10)9(3)2/h4H,1-2H3. The van der Waals surface area contributed by atoms with Crippen molar-refractivity contribution in [2.75, 3.05) is 7.05 Å². The molecule has 1 heterocycles. The van der Waals surface area contributed by atoms with Gasteiger partial charge < -0.3 is 4.90 Å². The summed E-state index contributed by atoms with van der Waals surface area (Å²) >= 11 is 0. The molecule has 0 aliphatic carbocycles. The molecule has 1 atom stereocenters. The van der Waals surface area contributed by atoms with Crippen molar-refractivity contribution in [3.63, 3.8) is 0 Å². The van der Waals surface area contributed by atoms with Crippen LogP contribution < -0.4 is 0 Å². The van der Waals surface area contributed by atoms with Crippen molar-refractivity contribution in [1.29, 1.82) is 0 Å². The Morgan fingerprint density at radius 1 is 1.75 bits per heavy atom. The summed E-state index contributed by atoms with van der Waals surface area (Å²) in [6.07, 6.45) is 0. The van der Waals surface area contributed by atoms with Gasteiger partial charge >= 0.3 is 5.97 Å². The summed E-state index contributed by atoms with van der Waals surface area (Å²) in [5.41, 5.74) is 0. The predicted octanol–water partition coefficient (Wildman–Crippen LogP) is -0.327. The van der Waals surface area contributed by atoms with E-state index in [-0.39, 0.29) is 0 Å². The smallest absolute Gasteiger partial charge is 0.302 e. The van der Waals surface area contributed by atoms with Crippen LogP contribution in [0.5, 0.6) is 0 Å². The van der Waals surface area contributed by atoms with E-state index < -0.39 is 17.9 Å². The number of carbonyl (C=O) groups excluding carboxylic acids is 2. The molecule has 0 aromatic rings. The highest BCUT2D eigenvalue weighted by atomic mass is 19.3. The third-order valence-corrected chi connectivity index (χ3v) is 1.67. The van der Waals surface area contributed by atoms with E-state index in [0.29, 0.717) is 5.84 Å². The molecule has 0 aromatic carbocycles. The summed E-state index contributed by atoms with van der Waals surface area (Å²) in [5, 5.41) is 0. The molecule has 0 bridgehead atoms. The molecule has 6 heteroatoms. The average Bonchev–Trinajstić information content (AvgIpc) is 2.32. The van der Waals surface area contributed by atoms with Crippen molar-refractivity contribution in [2.45, 2.75) is 13.0 Å². The minimum atomic E-state index is -1.36. The molecule has 0 N–H and O–H groups in total. The number of nitrogens with zero attached hydrogens (tertiary/aromatic N) is 2. The Balaban J connectivity index is 2.83. The summed E-state index contributed by atoms with van der Waals surface area (Å²) < 4.78 is 11.4. The largest absolute Gasteiger partial charge is 0.382 e. The number of halogens is 1. The minimum absolute atomic E-state index is 0.371. The van der Waals surface area contributed by atoms with Gasteiger partial charge in [0.1, 0.15) is 5.84 Å². The molecule has 66 valence electrons. The summed E-state index contributed by atoms with van der Waals surface area (Å²) in [6, 6.07) is -1.36. The number of hydrogen-bond donors (Lipinski definition) is 0. The first-order chi connectivity index (χ1) is 5.57. The lowest BCUT2D eigenvalue weighted by Gasteiger charge is -2.07. The van der Waals surface area contributed by atoms with Crippen LogP contribution >= 0.6 is 0 Å². The third-order valence-electron chi connectivity index (χ3n) is 1.67. The van der Waals surface area contributed by atoms with Gasteiger partial charge in [-0.1, -0.05) is 0 Å². The maximum atomic E-state index is 11.4. The highest BCUT2D eigenvalue weighted by Crippen LogP contribution is 2.10. The Morgan fingerprint density at radius 2 is 2.33 bits per heavy atom. The first kappa shape index (κ1) is 8.63. The molecule has 0 radical (unpaired) electrons. The number of rotatable bonds is 1. The molecule has 1 aliphatic heterocycles. The quantitative estimate of drug-likeness (QED) is 0.511. The van der Waals surface area contributed by atoms with E-state index in [4.69, 9.17) is 0 Å². The molecule has 0 saturated heterocycles. The Labute approximate surface area is 67.7 Å². The highest BCUT2D eigenvalue weighted by molar-refractivity contribution is 6.14. The Morgan fingerprint density at radius 3 is 2.67 bits per heavy atom. The van der Waals surface area contributed by atoms with Gasteiger partial charge in [0.2, 0.25) is 6.04 Å². The second-order valence-electron chi connectivity index (χ2n) is 2.37. The highest BCUT2D eigenvalue weighted by Gasteiger charge is 2.37. The zero-order chi connectivity index (χ0) is 9.30. The van der Waals surface area contributed by atoms with Gasteiger partial charge in [-0.15, -0.1) is 0 Å². The molecule has 1 aliphatic rings. The van der Waals surface area contributed by atoms with E-state index in [1.54, 1.807) is 6.92 Å². The third kappa shape index (κ3) is 1.15. The van der Waals surface area contributed by atoms with E-state index >= 15 is 0 Å². The molecule has 1 unspecified atom stereocenters. The topological polar surface area (TPSA) is 59.0 Å². The normalized spacial score (nSPS) is 22.6. The van der Waals surface area contributed by atoms with Crippen LogP contribution in [0.4, 0.5) is 4.53 Å².